The van der Waals surface area contributed by atoms with Gasteiger partial charge in [0.25, 0.3) is 0 Å². The smallest absolute Gasteiger partial charge is 0.335 e. The average molecular weight is 290 g/mol. The number of carboxylic acids is 1. The van der Waals surface area contributed by atoms with Crippen LogP contribution in [0.25, 0.3) is 10.9 Å². The Labute approximate surface area is 120 Å². The Kier molecular flexibility index (Phi) is 3.84. The van der Waals surface area contributed by atoms with Gasteiger partial charge in [-0.15, -0.1) is 11.8 Å². The second-order valence-electron chi connectivity index (χ2n) is 4.66. The third-order valence-electron chi connectivity index (χ3n) is 3.28. The number of nitrogens with zero attached hydrogens (tertiary/aromatic N) is 2. The predicted molar refractivity (Wildman–Crippen MR) is 76.2 cm³/mol. The summed E-state index contributed by atoms with van der Waals surface area (Å²) in [6, 6.07) is 4.94. The van der Waals surface area contributed by atoms with E-state index in [1.54, 1.807) is 30.0 Å². The van der Waals surface area contributed by atoms with Crippen LogP contribution in [0.1, 0.15) is 23.2 Å². The molecule has 104 valence electrons. The number of hydrogen-bond donors (Lipinski definition) is 1. The average Bonchev–Trinajstić information content (AvgIpc) is 2.97. The van der Waals surface area contributed by atoms with Gasteiger partial charge in [0, 0.05) is 17.7 Å². The van der Waals surface area contributed by atoms with Gasteiger partial charge in [-0.1, -0.05) is 0 Å². The fourth-order valence-electron chi connectivity index (χ4n) is 2.23. The summed E-state index contributed by atoms with van der Waals surface area (Å²) in [5, 5.41) is 10.8. The van der Waals surface area contributed by atoms with E-state index in [1.807, 2.05) is 0 Å². The van der Waals surface area contributed by atoms with E-state index in [0.717, 1.165) is 35.6 Å². The van der Waals surface area contributed by atoms with Gasteiger partial charge in [0.05, 0.1) is 17.2 Å². The standard InChI is InChI=1S/C14H14N2O3S/c17-14(18)9-3-4-11-12(6-9)15-8-16-13(11)20-7-10-2-1-5-19-10/h3-4,6,8,10H,1-2,5,7H2,(H,17,18). The number of rotatable bonds is 4. The lowest BCUT2D eigenvalue weighted by atomic mass is 10.1. The first-order valence-electron chi connectivity index (χ1n) is 6.46. The SMILES string of the molecule is O=C(O)c1ccc2c(SCC3CCCO3)ncnc2c1. The van der Waals surface area contributed by atoms with E-state index in [2.05, 4.69) is 9.97 Å². The molecule has 1 N–H and O–H groups in total. The lowest BCUT2D eigenvalue weighted by Gasteiger charge is -2.09. The highest BCUT2D eigenvalue weighted by Crippen LogP contribution is 2.28. The van der Waals surface area contributed by atoms with E-state index < -0.39 is 5.97 Å². The molecule has 1 fully saturated rings. The van der Waals surface area contributed by atoms with Crippen LogP contribution in [0.2, 0.25) is 0 Å². The monoisotopic (exact) mass is 290 g/mol. The van der Waals surface area contributed by atoms with E-state index in [4.69, 9.17) is 9.84 Å². The number of carboxylic acid groups (broad SMARTS) is 1. The number of thioether (sulfide) groups is 1. The fraction of sp³-hybridized carbons (Fsp3) is 0.357. The molecule has 5 nitrogen and oxygen atoms in total. The molecule has 0 radical (unpaired) electrons. The van der Waals surface area contributed by atoms with E-state index in [-0.39, 0.29) is 5.56 Å². The van der Waals surface area contributed by atoms with Crippen molar-refractivity contribution in [2.24, 2.45) is 0 Å². The number of aromatic nitrogens is 2. The van der Waals surface area contributed by atoms with Gasteiger partial charge in [0.1, 0.15) is 11.4 Å². The first kappa shape index (κ1) is 13.3. The zero-order valence-corrected chi connectivity index (χ0v) is 11.6. The zero-order valence-electron chi connectivity index (χ0n) is 10.8. The molecule has 1 atom stereocenters. The Morgan fingerprint density at radius 1 is 1.45 bits per heavy atom. The Bertz CT molecular complexity index is 641. The Morgan fingerprint density at radius 3 is 3.10 bits per heavy atom. The second-order valence-corrected chi connectivity index (χ2v) is 5.67. The maximum absolute atomic E-state index is 11.0. The van der Waals surface area contributed by atoms with Gasteiger partial charge in [-0.3, -0.25) is 0 Å². The molecule has 0 spiro atoms. The quantitative estimate of drug-likeness (QED) is 0.689. The first-order valence-corrected chi connectivity index (χ1v) is 7.45. The maximum Gasteiger partial charge on any atom is 0.335 e. The second kappa shape index (κ2) is 5.76. The Hall–Kier alpha value is -1.66. The van der Waals surface area contributed by atoms with Crippen molar-refractivity contribution in [3.63, 3.8) is 0 Å². The molecule has 1 aliphatic heterocycles. The minimum absolute atomic E-state index is 0.242. The van der Waals surface area contributed by atoms with E-state index >= 15 is 0 Å². The van der Waals surface area contributed by atoms with E-state index in [1.165, 1.54) is 6.33 Å². The molecular formula is C14H14N2O3S. The minimum atomic E-state index is -0.945. The molecule has 0 bridgehead atoms. The highest BCUT2D eigenvalue weighted by molar-refractivity contribution is 7.99. The highest BCUT2D eigenvalue weighted by atomic mass is 32.2. The van der Waals surface area contributed by atoms with Crippen LogP contribution < -0.4 is 0 Å². The Morgan fingerprint density at radius 2 is 2.35 bits per heavy atom. The largest absolute Gasteiger partial charge is 0.478 e. The lowest BCUT2D eigenvalue weighted by Crippen LogP contribution is -2.08. The summed E-state index contributed by atoms with van der Waals surface area (Å²) in [6.45, 7) is 0.845. The maximum atomic E-state index is 11.0. The summed E-state index contributed by atoms with van der Waals surface area (Å²) in [4.78, 5) is 19.4. The Balaban J connectivity index is 1.85. The number of benzene rings is 1. The predicted octanol–water partition coefficient (Wildman–Crippen LogP) is 2.60. The molecular weight excluding hydrogens is 276 g/mol. The van der Waals surface area contributed by atoms with Crippen LogP contribution >= 0.6 is 11.8 Å². The van der Waals surface area contributed by atoms with E-state index in [0.29, 0.717) is 11.6 Å². The topological polar surface area (TPSA) is 72.3 Å². The first-order chi connectivity index (χ1) is 9.74. The van der Waals surface area contributed by atoms with Crippen molar-refractivity contribution in [2.75, 3.05) is 12.4 Å². The minimum Gasteiger partial charge on any atom is -0.478 e. The molecule has 1 aromatic carbocycles. The van der Waals surface area contributed by atoms with Crippen LogP contribution in [0.15, 0.2) is 29.6 Å². The molecule has 0 saturated carbocycles. The van der Waals surface area contributed by atoms with Crippen LogP contribution in [-0.4, -0.2) is 39.5 Å². The number of hydrogen-bond acceptors (Lipinski definition) is 5. The number of fused-ring (bicyclic) bond motifs is 1. The van der Waals surface area contributed by atoms with E-state index in [9.17, 15) is 4.79 Å². The van der Waals surface area contributed by atoms with Crippen LogP contribution in [0.5, 0.6) is 0 Å². The summed E-state index contributed by atoms with van der Waals surface area (Å²) in [6.07, 6.45) is 3.99. The van der Waals surface area contributed by atoms with Gasteiger partial charge in [0.2, 0.25) is 0 Å². The van der Waals surface area contributed by atoms with Gasteiger partial charge in [-0.2, -0.15) is 0 Å². The highest BCUT2D eigenvalue weighted by Gasteiger charge is 2.17. The summed E-state index contributed by atoms with van der Waals surface area (Å²) >= 11 is 1.64. The molecule has 2 aromatic rings. The van der Waals surface area contributed by atoms with Crippen molar-refractivity contribution in [1.29, 1.82) is 0 Å². The van der Waals surface area contributed by atoms with Crippen molar-refractivity contribution in [1.82, 2.24) is 9.97 Å². The van der Waals surface area contributed by atoms with Crippen molar-refractivity contribution >= 4 is 28.6 Å². The van der Waals surface area contributed by atoms with Crippen LogP contribution in [0.3, 0.4) is 0 Å². The van der Waals surface area contributed by atoms with Crippen molar-refractivity contribution in [3.05, 3.63) is 30.1 Å². The third kappa shape index (κ3) is 2.76. The van der Waals surface area contributed by atoms with Gasteiger partial charge < -0.3 is 9.84 Å². The summed E-state index contributed by atoms with van der Waals surface area (Å²) < 4.78 is 5.60. The molecule has 0 amide bonds. The molecule has 1 saturated heterocycles. The normalized spacial score (nSPS) is 18.5. The van der Waals surface area contributed by atoms with Crippen molar-refractivity contribution in [2.45, 2.75) is 24.0 Å². The zero-order chi connectivity index (χ0) is 13.9. The lowest BCUT2D eigenvalue weighted by molar-refractivity contribution is 0.0697. The molecule has 6 heteroatoms. The molecule has 3 rings (SSSR count). The number of aromatic carboxylic acids is 1. The summed E-state index contributed by atoms with van der Waals surface area (Å²) in [5.74, 6) is -0.0775. The fourth-order valence-corrected chi connectivity index (χ4v) is 3.28. The van der Waals surface area contributed by atoms with Crippen LogP contribution in [-0.2, 0) is 4.74 Å². The summed E-state index contributed by atoms with van der Waals surface area (Å²) in [7, 11) is 0. The summed E-state index contributed by atoms with van der Waals surface area (Å²) in [5.41, 5.74) is 0.904. The molecule has 0 aliphatic carbocycles. The number of carbonyl (C=O) groups is 1. The molecule has 1 aromatic heterocycles. The van der Waals surface area contributed by atoms with Gasteiger partial charge >= 0.3 is 5.97 Å². The van der Waals surface area contributed by atoms with Crippen molar-refractivity contribution in [3.8, 4) is 0 Å². The van der Waals surface area contributed by atoms with Crippen molar-refractivity contribution < 1.29 is 14.6 Å². The molecule has 2 heterocycles. The third-order valence-corrected chi connectivity index (χ3v) is 4.41. The molecule has 20 heavy (non-hydrogen) atoms. The molecule has 1 aliphatic rings. The van der Waals surface area contributed by atoms with Gasteiger partial charge in [-0.25, -0.2) is 14.8 Å². The van der Waals surface area contributed by atoms with Gasteiger partial charge in [-0.05, 0) is 31.0 Å². The van der Waals surface area contributed by atoms with Gasteiger partial charge in [0.15, 0.2) is 0 Å². The number of ether oxygens (including phenoxy) is 1. The molecule has 1 unspecified atom stereocenters. The van der Waals surface area contributed by atoms with Crippen LogP contribution in [0.4, 0.5) is 0 Å². The van der Waals surface area contributed by atoms with Crippen LogP contribution in [0, 0.1) is 0 Å².